The molecule has 0 aliphatic carbocycles. The highest BCUT2D eigenvalue weighted by Gasteiger charge is 2.17. The Morgan fingerprint density at radius 3 is 2.33 bits per heavy atom. The normalized spacial score (nSPS) is 11.2. The van der Waals surface area contributed by atoms with Crippen molar-refractivity contribution < 1.29 is 0 Å². The molecular formula is C25H20ClN5OS. The summed E-state index contributed by atoms with van der Waals surface area (Å²) in [5.41, 5.74) is 5.39. The fourth-order valence-electron chi connectivity index (χ4n) is 3.52. The summed E-state index contributed by atoms with van der Waals surface area (Å²) in [4.78, 5) is 17.1. The van der Waals surface area contributed by atoms with Gasteiger partial charge in [0.2, 0.25) is 0 Å². The Bertz CT molecular complexity index is 1510. The zero-order valence-electron chi connectivity index (χ0n) is 18.1. The van der Waals surface area contributed by atoms with Crippen LogP contribution in [0.15, 0.2) is 82.9 Å². The number of pyridine rings is 1. The van der Waals surface area contributed by atoms with E-state index in [1.807, 2.05) is 4.57 Å². The molecule has 5 rings (SSSR count). The number of hydrogen-bond acceptors (Lipinski definition) is 5. The molecule has 6 nitrogen and oxygen atoms in total. The van der Waals surface area contributed by atoms with E-state index in [4.69, 9.17) is 11.6 Å². The van der Waals surface area contributed by atoms with Crippen molar-refractivity contribution in [2.45, 2.75) is 24.8 Å². The minimum Gasteiger partial charge on any atom is -0.270 e. The van der Waals surface area contributed by atoms with Crippen LogP contribution in [0, 0.1) is 13.8 Å². The molecule has 0 aliphatic rings. The van der Waals surface area contributed by atoms with Gasteiger partial charge in [0.05, 0.1) is 10.7 Å². The number of benzene rings is 2. The maximum Gasteiger partial charge on any atom is 0.258 e. The molecule has 8 heteroatoms. The van der Waals surface area contributed by atoms with E-state index >= 15 is 0 Å². The zero-order valence-corrected chi connectivity index (χ0v) is 19.6. The van der Waals surface area contributed by atoms with Gasteiger partial charge in [-0.25, -0.2) is 4.98 Å². The first kappa shape index (κ1) is 21.4. The van der Waals surface area contributed by atoms with Crippen molar-refractivity contribution in [2.24, 2.45) is 0 Å². The molecule has 0 saturated carbocycles. The second-order valence-electron chi connectivity index (χ2n) is 7.79. The number of fused-ring (bicyclic) bond motifs is 1. The Hall–Kier alpha value is -3.42. The van der Waals surface area contributed by atoms with Crippen LogP contribution in [0.1, 0.15) is 16.8 Å². The van der Waals surface area contributed by atoms with Gasteiger partial charge < -0.3 is 0 Å². The van der Waals surface area contributed by atoms with Gasteiger partial charge in [-0.15, -0.1) is 10.2 Å². The Morgan fingerprint density at radius 1 is 0.909 bits per heavy atom. The lowest BCUT2D eigenvalue weighted by Gasteiger charge is -2.11. The average molecular weight is 474 g/mol. The predicted molar refractivity (Wildman–Crippen MR) is 132 cm³/mol. The molecule has 0 atom stereocenters. The van der Waals surface area contributed by atoms with Crippen molar-refractivity contribution in [3.8, 4) is 17.1 Å². The summed E-state index contributed by atoms with van der Waals surface area (Å²) in [6.45, 7) is 4.12. The first-order valence-corrected chi connectivity index (χ1v) is 11.7. The van der Waals surface area contributed by atoms with E-state index in [2.05, 4.69) is 77.6 Å². The summed E-state index contributed by atoms with van der Waals surface area (Å²) >= 11 is 7.50. The van der Waals surface area contributed by atoms with E-state index in [0.717, 1.165) is 22.2 Å². The third-order valence-electron chi connectivity index (χ3n) is 5.26. The highest BCUT2D eigenvalue weighted by Crippen LogP contribution is 2.29. The molecule has 2 aromatic carbocycles. The van der Waals surface area contributed by atoms with Crippen LogP contribution in [0.4, 0.5) is 0 Å². The van der Waals surface area contributed by atoms with Gasteiger partial charge in [0, 0.05) is 29.3 Å². The van der Waals surface area contributed by atoms with E-state index < -0.39 is 0 Å². The predicted octanol–water partition coefficient (Wildman–Crippen LogP) is 5.50. The van der Waals surface area contributed by atoms with Gasteiger partial charge >= 0.3 is 0 Å². The number of aromatic nitrogens is 5. The summed E-state index contributed by atoms with van der Waals surface area (Å²) in [5, 5.41) is 10.2. The molecule has 0 amide bonds. The molecule has 5 aromatic rings. The topological polar surface area (TPSA) is 65.1 Å². The van der Waals surface area contributed by atoms with Crippen molar-refractivity contribution in [3.05, 3.63) is 105 Å². The molecule has 0 saturated heterocycles. The fraction of sp³-hybridized carbons (Fsp3) is 0.120. The van der Waals surface area contributed by atoms with Gasteiger partial charge in [0.15, 0.2) is 11.0 Å². The number of aryl methyl sites for hydroxylation is 2. The van der Waals surface area contributed by atoms with Crippen LogP contribution in [0.5, 0.6) is 0 Å². The van der Waals surface area contributed by atoms with Crippen molar-refractivity contribution in [3.63, 3.8) is 0 Å². The molecular weight excluding hydrogens is 454 g/mol. The van der Waals surface area contributed by atoms with E-state index in [9.17, 15) is 4.79 Å². The molecule has 0 bridgehead atoms. The first-order valence-electron chi connectivity index (χ1n) is 10.4. The molecule has 0 spiro atoms. The van der Waals surface area contributed by atoms with Crippen LogP contribution in [-0.2, 0) is 5.75 Å². The van der Waals surface area contributed by atoms with Crippen LogP contribution in [0.3, 0.4) is 0 Å². The number of nitrogens with zero attached hydrogens (tertiary/aromatic N) is 5. The maximum absolute atomic E-state index is 12.5. The number of rotatable bonds is 5. The molecule has 164 valence electrons. The lowest BCUT2D eigenvalue weighted by atomic mass is 10.1. The largest absolute Gasteiger partial charge is 0.270 e. The number of thioether (sulfide) groups is 1. The smallest absolute Gasteiger partial charge is 0.258 e. The van der Waals surface area contributed by atoms with Crippen LogP contribution in [0.25, 0.3) is 22.7 Å². The van der Waals surface area contributed by atoms with Gasteiger partial charge in [-0.2, -0.15) is 0 Å². The Morgan fingerprint density at radius 2 is 1.61 bits per heavy atom. The summed E-state index contributed by atoms with van der Waals surface area (Å²) in [6.07, 6.45) is 1.57. The Balaban J connectivity index is 1.52. The van der Waals surface area contributed by atoms with Gasteiger partial charge in [-0.05, 0) is 38.1 Å². The summed E-state index contributed by atoms with van der Waals surface area (Å²) in [5.74, 6) is 1.24. The van der Waals surface area contributed by atoms with Crippen molar-refractivity contribution in [1.82, 2.24) is 24.1 Å². The second-order valence-corrected chi connectivity index (χ2v) is 9.17. The van der Waals surface area contributed by atoms with Crippen LogP contribution in [0.2, 0.25) is 5.02 Å². The summed E-state index contributed by atoms with van der Waals surface area (Å²) in [6, 6.07) is 21.5. The minimum atomic E-state index is -0.168. The van der Waals surface area contributed by atoms with E-state index in [-0.39, 0.29) is 5.56 Å². The van der Waals surface area contributed by atoms with Crippen LogP contribution >= 0.6 is 23.4 Å². The van der Waals surface area contributed by atoms with Crippen LogP contribution in [-0.4, -0.2) is 24.1 Å². The van der Waals surface area contributed by atoms with Gasteiger partial charge in [0.1, 0.15) is 5.65 Å². The Labute approximate surface area is 199 Å². The molecule has 0 aliphatic heterocycles. The second kappa shape index (κ2) is 8.84. The minimum absolute atomic E-state index is 0.168. The molecule has 3 heterocycles. The van der Waals surface area contributed by atoms with Gasteiger partial charge in [-0.1, -0.05) is 70.9 Å². The summed E-state index contributed by atoms with van der Waals surface area (Å²) < 4.78 is 3.49. The molecule has 3 aromatic heterocycles. The third-order valence-corrected chi connectivity index (χ3v) is 6.45. The van der Waals surface area contributed by atoms with Crippen molar-refractivity contribution >= 4 is 29.0 Å². The molecule has 0 radical (unpaired) electrons. The van der Waals surface area contributed by atoms with E-state index in [0.29, 0.717) is 22.1 Å². The molecule has 0 fully saturated rings. The summed E-state index contributed by atoms with van der Waals surface area (Å²) in [7, 11) is 0. The van der Waals surface area contributed by atoms with Crippen molar-refractivity contribution in [2.75, 3.05) is 0 Å². The average Bonchev–Trinajstić information content (AvgIpc) is 3.23. The van der Waals surface area contributed by atoms with E-state index in [1.54, 1.807) is 18.3 Å². The number of halogens is 1. The Kier molecular flexibility index (Phi) is 5.74. The quantitative estimate of drug-likeness (QED) is 0.315. The van der Waals surface area contributed by atoms with Gasteiger partial charge in [0.25, 0.3) is 5.56 Å². The van der Waals surface area contributed by atoms with Crippen LogP contribution < -0.4 is 5.56 Å². The van der Waals surface area contributed by atoms with Gasteiger partial charge in [-0.3, -0.25) is 13.8 Å². The fourth-order valence-corrected chi connectivity index (χ4v) is 4.52. The molecule has 0 unspecified atom stereocenters. The lowest BCUT2D eigenvalue weighted by molar-refractivity contribution is 0.884. The zero-order chi connectivity index (χ0) is 22.9. The highest BCUT2D eigenvalue weighted by molar-refractivity contribution is 7.98. The molecule has 0 N–H and O–H groups in total. The SMILES string of the molecule is Cc1ccc(-c2nnc(SCc3cc(=O)n4cc(Cl)ccc4n3)n2-c2ccc(C)cc2)cc1. The third kappa shape index (κ3) is 4.42. The first-order chi connectivity index (χ1) is 16.0. The van der Waals surface area contributed by atoms with Crippen molar-refractivity contribution in [1.29, 1.82) is 0 Å². The maximum atomic E-state index is 12.5. The molecule has 33 heavy (non-hydrogen) atoms. The van der Waals surface area contributed by atoms with E-state index in [1.165, 1.54) is 33.4 Å². The number of hydrogen-bond donors (Lipinski definition) is 0. The standard InChI is InChI=1S/C25H20ClN5OS/c1-16-3-7-18(8-4-16)24-28-29-25(31(24)21-10-5-17(2)6-11-21)33-15-20-13-23(32)30-14-19(26)9-12-22(30)27-20/h3-14H,15H2,1-2H3. The monoisotopic (exact) mass is 473 g/mol. The lowest BCUT2D eigenvalue weighted by Crippen LogP contribution is -2.15. The highest BCUT2D eigenvalue weighted by atomic mass is 35.5.